The Morgan fingerprint density at radius 1 is 1.35 bits per heavy atom. The molecule has 0 amide bonds. The van der Waals surface area contributed by atoms with Gasteiger partial charge in [0.1, 0.15) is 4.88 Å². The molecule has 2 heterocycles. The second kappa shape index (κ2) is 6.77. The molecule has 1 aromatic heterocycles. The molecule has 0 unspecified atom stereocenters. The van der Waals surface area contributed by atoms with Crippen molar-refractivity contribution in [1.82, 2.24) is 4.98 Å². The van der Waals surface area contributed by atoms with Crippen molar-refractivity contribution in [1.29, 1.82) is 5.26 Å². The summed E-state index contributed by atoms with van der Waals surface area (Å²) in [6, 6.07) is 9.19. The summed E-state index contributed by atoms with van der Waals surface area (Å²) >= 11 is 1.21. The summed E-state index contributed by atoms with van der Waals surface area (Å²) in [6.45, 7) is 2.71. The van der Waals surface area contributed by atoms with Gasteiger partial charge in [-0.1, -0.05) is 23.5 Å². The number of carboxylic acids is 1. The number of benzene rings is 1. The first kappa shape index (κ1) is 15.5. The van der Waals surface area contributed by atoms with E-state index in [4.69, 9.17) is 10.00 Å². The number of aromatic nitrogens is 1. The maximum absolute atomic E-state index is 11.5. The topological polar surface area (TPSA) is 86.5 Å². The van der Waals surface area contributed by atoms with Gasteiger partial charge < -0.3 is 14.7 Å². The number of aromatic carboxylic acids is 1. The first-order chi connectivity index (χ1) is 11.2. The molecule has 3 rings (SSSR count). The van der Waals surface area contributed by atoms with E-state index in [1.54, 1.807) is 12.1 Å². The molecule has 0 bridgehead atoms. The van der Waals surface area contributed by atoms with Crippen LogP contribution in [0, 0.1) is 11.3 Å². The van der Waals surface area contributed by atoms with Crippen LogP contribution >= 0.6 is 11.3 Å². The predicted octanol–water partition coefficient (Wildman–Crippen LogP) is 2.14. The highest BCUT2D eigenvalue weighted by molar-refractivity contribution is 7.17. The third-order valence-corrected chi connectivity index (χ3v) is 4.76. The van der Waals surface area contributed by atoms with Gasteiger partial charge in [0.15, 0.2) is 5.13 Å². The molecule has 0 saturated carbocycles. The van der Waals surface area contributed by atoms with Crippen molar-refractivity contribution in [3.05, 3.63) is 46.0 Å². The molecule has 1 aliphatic heterocycles. The van der Waals surface area contributed by atoms with Crippen molar-refractivity contribution in [2.24, 2.45) is 0 Å². The maximum atomic E-state index is 11.5. The van der Waals surface area contributed by atoms with E-state index in [0.717, 1.165) is 23.8 Å². The number of rotatable bonds is 4. The molecular formula is C16H15N3O3S. The Morgan fingerprint density at radius 2 is 2.04 bits per heavy atom. The monoisotopic (exact) mass is 329 g/mol. The van der Waals surface area contributed by atoms with Crippen molar-refractivity contribution >= 4 is 22.4 Å². The average molecular weight is 329 g/mol. The van der Waals surface area contributed by atoms with Crippen LogP contribution < -0.4 is 4.90 Å². The van der Waals surface area contributed by atoms with Gasteiger partial charge in [0.25, 0.3) is 0 Å². The van der Waals surface area contributed by atoms with Gasteiger partial charge in [-0.15, -0.1) is 0 Å². The second-order valence-electron chi connectivity index (χ2n) is 5.16. The molecular weight excluding hydrogens is 314 g/mol. The van der Waals surface area contributed by atoms with Gasteiger partial charge in [-0.3, -0.25) is 0 Å². The molecule has 0 radical (unpaired) electrons. The van der Waals surface area contributed by atoms with Gasteiger partial charge >= 0.3 is 5.97 Å². The highest BCUT2D eigenvalue weighted by Gasteiger charge is 2.22. The van der Waals surface area contributed by atoms with Crippen LogP contribution in [0.5, 0.6) is 0 Å². The molecule has 2 aromatic rings. The van der Waals surface area contributed by atoms with E-state index < -0.39 is 5.97 Å². The molecule has 0 atom stereocenters. The van der Waals surface area contributed by atoms with Crippen molar-refractivity contribution in [2.75, 3.05) is 31.2 Å². The van der Waals surface area contributed by atoms with Crippen molar-refractivity contribution < 1.29 is 14.6 Å². The Bertz CT molecular complexity index is 743. The number of thiazole rings is 1. The largest absolute Gasteiger partial charge is 0.477 e. The van der Waals surface area contributed by atoms with Crippen LogP contribution in [0.25, 0.3) is 0 Å². The summed E-state index contributed by atoms with van der Waals surface area (Å²) in [5.74, 6) is -0.953. The van der Waals surface area contributed by atoms with E-state index >= 15 is 0 Å². The summed E-state index contributed by atoms with van der Waals surface area (Å²) < 4.78 is 5.32. The van der Waals surface area contributed by atoms with Crippen LogP contribution in [0.2, 0.25) is 0 Å². The molecule has 1 aromatic carbocycles. The van der Waals surface area contributed by atoms with Crippen LogP contribution in [-0.2, 0) is 11.2 Å². The normalized spacial score (nSPS) is 14.5. The van der Waals surface area contributed by atoms with Gasteiger partial charge in [0.05, 0.1) is 30.5 Å². The minimum Gasteiger partial charge on any atom is -0.477 e. The second-order valence-corrected chi connectivity index (χ2v) is 6.14. The van der Waals surface area contributed by atoms with Crippen molar-refractivity contribution in [2.45, 2.75) is 6.42 Å². The quantitative estimate of drug-likeness (QED) is 0.925. The first-order valence-corrected chi connectivity index (χ1v) is 8.04. The van der Waals surface area contributed by atoms with Gasteiger partial charge in [-0.2, -0.15) is 5.26 Å². The number of carboxylic acid groups (broad SMARTS) is 1. The molecule has 118 valence electrons. The van der Waals surface area contributed by atoms with Crippen molar-refractivity contribution in [3.8, 4) is 6.07 Å². The fourth-order valence-corrected chi connectivity index (χ4v) is 3.38. The lowest BCUT2D eigenvalue weighted by atomic mass is 10.1. The lowest BCUT2D eigenvalue weighted by Crippen LogP contribution is -2.36. The summed E-state index contributed by atoms with van der Waals surface area (Å²) in [7, 11) is 0. The van der Waals surface area contributed by atoms with Crippen LogP contribution in [0.3, 0.4) is 0 Å². The van der Waals surface area contributed by atoms with Gasteiger partial charge in [-0.05, 0) is 17.7 Å². The predicted molar refractivity (Wildman–Crippen MR) is 86.1 cm³/mol. The van der Waals surface area contributed by atoms with Crippen molar-refractivity contribution in [3.63, 3.8) is 0 Å². The van der Waals surface area contributed by atoms with Crippen LogP contribution in [0.15, 0.2) is 24.3 Å². The molecule has 1 fully saturated rings. The minimum absolute atomic E-state index is 0.274. The number of hydrogen-bond acceptors (Lipinski definition) is 6. The zero-order valence-corrected chi connectivity index (χ0v) is 13.2. The van der Waals surface area contributed by atoms with E-state index in [1.165, 1.54) is 11.3 Å². The standard InChI is InChI=1S/C16H15N3O3S/c17-10-12-3-1-11(2-4-12)9-13-14(15(20)21)23-16(18-13)19-5-7-22-8-6-19/h1-4H,5-9H2,(H,20,21). The van der Waals surface area contributed by atoms with E-state index in [2.05, 4.69) is 16.0 Å². The summed E-state index contributed by atoms with van der Waals surface area (Å²) in [6.07, 6.45) is 0.439. The summed E-state index contributed by atoms with van der Waals surface area (Å²) in [5, 5.41) is 19.0. The Kier molecular flexibility index (Phi) is 4.55. The number of hydrogen-bond donors (Lipinski definition) is 1. The molecule has 1 aliphatic rings. The smallest absolute Gasteiger partial charge is 0.347 e. The van der Waals surface area contributed by atoms with Gasteiger partial charge in [-0.25, -0.2) is 9.78 Å². The molecule has 1 N–H and O–H groups in total. The SMILES string of the molecule is N#Cc1ccc(Cc2nc(N3CCOCC3)sc2C(=O)O)cc1. The first-order valence-electron chi connectivity index (χ1n) is 7.22. The molecule has 6 nitrogen and oxygen atoms in total. The Hall–Kier alpha value is -2.43. The van der Waals surface area contributed by atoms with Gasteiger partial charge in [0.2, 0.25) is 0 Å². The number of carbonyl (C=O) groups is 1. The molecule has 1 saturated heterocycles. The number of nitriles is 1. The molecule has 23 heavy (non-hydrogen) atoms. The Labute approximate surface area is 137 Å². The number of morpholine rings is 1. The lowest BCUT2D eigenvalue weighted by Gasteiger charge is -2.26. The zero-order chi connectivity index (χ0) is 16.2. The van der Waals surface area contributed by atoms with E-state index in [-0.39, 0.29) is 4.88 Å². The number of ether oxygens (including phenoxy) is 1. The Balaban J connectivity index is 1.86. The van der Waals surface area contributed by atoms with Gasteiger partial charge in [0, 0.05) is 19.5 Å². The zero-order valence-electron chi connectivity index (χ0n) is 12.4. The van der Waals surface area contributed by atoms with E-state index in [0.29, 0.717) is 30.9 Å². The lowest BCUT2D eigenvalue weighted by molar-refractivity contribution is 0.0701. The summed E-state index contributed by atoms with van der Waals surface area (Å²) in [5.41, 5.74) is 2.08. The average Bonchev–Trinajstić information content (AvgIpc) is 3.00. The third kappa shape index (κ3) is 3.50. The third-order valence-electron chi connectivity index (χ3n) is 3.62. The van der Waals surface area contributed by atoms with E-state index in [9.17, 15) is 9.90 Å². The van der Waals surface area contributed by atoms with Crippen LogP contribution in [0.4, 0.5) is 5.13 Å². The summed E-state index contributed by atoms with van der Waals surface area (Å²) in [4.78, 5) is 18.4. The molecule has 0 aliphatic carbocycles. The highest BCUT2D eigenvalue weighted by Crippen LogP contribution is 2.28. The van der Waals surface area contributed by atoms with Crippen LogP contribution in [-0.4, -0.2) is 42.4 Å². The maximum Gasteiger partial charge on any atom is 0.347 e. The highest BCUT2D eigenvalue weighted by atomic mass is 32.1. The molecule has 7 heteroatoms. The fourth-order valence-electron chi connectivity index (χ4n) is 2.41. The Morgan fingerprint density at radius 3 is 2.65 bits per heavy atom. The number of nitrogens with zero attached hydrogens (tertiary/aromatic N) is 3. The number of anilines is 1. The fraction of sp³-hybridized carbons (Fsp3) is 0.312. The minimum atomic E-state index is -0.953. The van der Waals surface area contributed by atoms with E-state index in [1.807, 2.05) is 12.1 Å². The van der Waals surface area contributed by atoms with Crippen LogP contribution in [0.1, 0.15) is 26.5 Å². The molecule has 0 spiro atoms.